The zero-order chi connectivity index (χ0) is 18.9. The van der Waals surface area contributed by atoms with Gasteiger partial charge in [0.25, 0.3) is 0 Å². The van der Waals surface area contributed by atoms with Crippen LogP contribution in [-0.4, -0.2) is 48.9 Å². The van der Waals surface area contributed by atoms with E-state index in [-0.39, 0.29) is 5.91 Å². The second kappa shape index (κ2) is 7.85. The van der Waals surface area contributed by atoms with E-state index in [1.165, 1.54) is 32.1 Å². The van der Waals surface area contributed by atoms with Crippen molar-refractivity contribution in [3.63, 3.8) is 0 Å². The molecule has 2 atom stereocenters. The molecule has 0 N–H and O–H groups in total. The minimum absolute atomic E-state index is 0.275. The molecular weight excluding hydrogens is 370 g/mol. The number of piperidine rings is 1. The van der Waals surface area contributed by atoms with Crippen molar-refractivity contribution in [2.24, 2.45) is 5.92 Å². The van der Waals surface area contributed by atoms with Gasteiger partial charge < -0.3 is 4.90 Å². The quantitative estimate of drug-likeness (QED) is 0.715. The lowest BCUT2D eigenvalue weighted by atomic mass is 9.78. The van der Waals surface area contributed by atoms with Crippen LogP contribution in [0.3, 0.4) is 0 Å². The lowest BCUT2D eigenvalue weighted by Crippen LogP contribution is -2.50. The van der Waals surface area contributed by atoms with Crippen molar-refractivity contribution in [3.05, 3.63) is 24.5 Å². The van der Waals surface area contributed by atoms with Crippen LogP contribution < -0.4 is 0 Å². The summed E-state index contributed by atoms with van der Waals surface area (Å²) < 4.78 is 2.23. The van der Waals surface area contributed by atoms with E-state index in [1.54, 1.807) is 24.2 Å². The molecule has 5 rings (SSSR count). The molecule has 0 unspecified atom stereocenters. The Kier molecular flexibility index (Phi) is 5.09. The summed E-state index contributed by atoms with van der Waals surface area (Å²) in [6.45, 7) is 0.929. The van der Waals surface area contributed by atoms with Crippen LogP contribution in [0, 0.1) is 5.92 Å². The van der Waals surface area contributed by atoms with Crippen molar-refractivity contribution in [2.45, 2.75) is 68.6 Å². The third-order valence-electron chi connectivity index (χ3n) is 6.40. The number of fused-ring (bicyclic) bond motifs is 1. The Morgan fingerprint density at radius 1 is 1.04 bits per heavy atom. The van der Waals surface area contributed by atoms with Gasteiger partial charge in [0, 0.05) is 36.6 Å². The molecule has 3 aliphatic rings. The van der Waals surface area contributed by atoms with Gasteiger partial charge in [0.1, 0.15) is 0 Å². The van der Waals surface area contributed by atoms with E-state index in [0.717, 1.165) is 48.3 Å². The first kappa shape index (κ1) is 18.2. The molecule has 148 valence electrons. The van der Waals surface area contributed by atoms with Gasteiger partial charge in [-0.2, -0.15) is 0 Å². The molecule has 28 heavy (non-hydrogen) atoms. The smallest absolute Gasteiger partial charge is 0.233 e. The Hall–Kier alpha value is -1.89. The topological polar surface area (TPSA) is 63.9 Å². The summed E-state index contributed by atoms with van der Waals surface area (Å²) in [4.78, 5) is 19.3. The third-order valence-corrected chi connectivity index (χ3v) is 7.33. The Morgan fingerprint density at radius 2 is 1.82 bits per heavy atom. The van der Waals surface area contributed by atoms with Gasteiger partial charge in [0.05, 0.1) is 5.75 Å². The molecule has 2 aromatic rings. The maximum Gasteiger partial charge on any atom is 0.233 e. The molecule has 3 fully saturated rings. The highest BCUT2D eigenvalue weighted by atomic mass is 32.2. The van der Waals surface area contributed by atoms with Crippen LogP contribution in [0.4, 0.5) is 0 Å². The zero-order valence-electron chi connectivity index (χ0n) is 16.2. The number of rotatable bonds is 5. The predicted molar refractivity (Wildman–Crippen MR) is 109 cm³/mol. The fraction of sp³-hybridized carbons (Fsp3) is 0.619. The van der Waals surface area contributed by atoms with E-state index in [4.69, 9.17) is 0 Å². The summed E-state index contributed by atoms with van der Waals surface area (Å²) in [6, 6.07) is 4.89. The third kappa shape index (κ3) is 3.56. The van der Waals surface area contributed by atoms with Crippen molar-refractivity contribution in [3.8, 4) is 11.4 Å². The largest absolute Gasteiger partial charge is 0.339 e. The molecule has 0 bridgehead atoms. The summed E-state index contributed by atoms with van der Waals surface area (Å²) in [5.74, 6) is 2.36. The van der Waals surface area contributed by atoms with Crippen LogP contribution in [-0.2, 0) is 4.79 Å². The molecule has 2 aromatic heterocycles. The van der Waals surface area contributed by atoms with Gasteiger partial charge in [-0.1, -0.05) is 24.6 Å². The number of hydrogen-bond donors (Lipinski definition) is 0. The molecule has 0 radical (unpaired) electrons. The fourth-order valence-electron chi connectivity index (χ4n) is 4.88. The molecule has 6 nitrogen and oxygen atoms in total. The number of likely N-dealkylation sites (tertiary alicyclic amines) is 1. The number of amides is 1. The predicted octanol–water partition coefficient (Wildman–Crippen LogP) is 3.95. The highest BCUT2D eigenvalue weighted by Crippen LogP contribution is 2.41. The first-order valence-electron chi connectivity index (χ1n) is 10.6. The summed E-state index contributed by atoms with van der Waals surface area (Å²) >= 11 is 1.55. The lowest BCUT2D eigenvalue weighted by molar-refractivity contribution is -0.134. The monoisotopic (exact) mass is 397 g/mol. The van der Waals surface area contributed by atoms with Gasteiger partial charge in [0.15, 0.2) is 11.0 Å². The Balaban J connectivity index is 1.30. The normalized spacial score (nSPS) is 24.8. The highest BCUT2D eigenvalue weighted by molar-refractivity contribution is 7.99. The number of hydrogen-bond acceptors (Lipinski definition) is 5. The van der Waals surface area contributed by atoms with Gasteiger partial charge in [0.2, 0.25) is 5.91 Å². The SMILES string of the molecule is O=C(CSc1nnc(-c2ccncc2)n1C1CC1)N1CCC[C@@H]2CCCC[C@H]21. The average molecular weight is 398 g/mol. The Labute approximate surface area is 170 Å². The first-order chi connectivity index (χ1) is 13.8. The summed E-state index contributed by atoms with van der Waals surface area (Å²) in [5.41, 5.74) is 1.04. The van der Waals surface area contributed by atoms with Crippen molar-refractivity contribution in [1.29, 1.82) is 0 Å². The number of carbonyl (C=O) groups excluding carboxylic acids is 1. The highest BCUT2D eigenvalue weighted by Gasteiger charge is 2.36. The van der Waals surface area contributed by atoms with Crippen molar-refractivity contribution in [2.75, 3.05) is 12.3 Å². The van der Waals surface area contributed by atoms with E-state index in [9.17, 15) is 4.79 Å². The second-order valence-electron chi connectivity index (χ2n) is 8.27. The van der Waals surface area contributed by atoms with E-state index in [0.29, 0.717) is 17.8 Å². The molecule has 3 heterocycles. The Bertz CT molecular complexity index is 833. The van der Waals surface area contributed by atoms with Crippen molar-refractivity contribution < 1.29 is 4.79 Å². The maximum absolute atomic E-state index is 13.0. The molecule has 0 aromatic carbocycles. The number of carbonyl (C=O) groups is 1. The van der Waals surface area contributed by atoms with E-state index >= 15 is 0 Å². The van der Waals surface area contributed by atoms with Crippen LogP contribution >= 0.6 is 11.8 Å². The van der Waals surface area contributed by atoms with Gasteiger partial charge in [-0.3, -0.25) is 14.3 Å². The molecular formula is C21H27N5OS. The van der Waals surface area contributed by atoms with Crippen molar-refractivity contribution in [1.82, 2.24) is 24.6 Å². The van der Waals surface area contributed by atoms with Gasteiger partial charge in [-0.25, -0.2) is 0 Å². The van der Waals surface area contributed by atoms with Gasteiger partial charge >= 0.3 is 0 Å². The minimum atomic E-state index is 0.275. The number of aromatic nitrogens is 4. The van der Waals surface area contributed by atoms with Gasteiger partial charge in [-0.05, 0) is 56.6 Å². The molecule has 1 saturated heterocycles. The minimum Gasteiger partial charge on any atom is -0.339 e. The molecule has 1 aliphatic heterocycles. The van der Waals surface area contributed by atoms with Crippen molar-refractivity contribution >= 4 is 17.7 Å². The zero-order valence-corrected chi connectivity index (χ0v) is 17.0. The first-order valence-corrected chi connectivity index (χ1v) is 11.6. The fourth-order valence-corrected chi connectivity index (χ4v) is 5.77. The van der Waals surface area contributed by atoms with Crippen LogP contribution in [0.1, 0.15) is 57.4 Å². The standard InChI is InChI=1S/C21H27N5OS/c27-19(25-13-3-5-15-4-1-2-6-18(15)25)14-28-21-24-23-20(26(21)17-7-8-17)16-9-11-22-12-10-16/h9-12,15,17-18H,1-8,13-14H2/t15-,18+/m0/s1. The number of thioether (sulfide) groups is 1. The van der Waals surface area contributed by atoms with Gasteiger partial charge in [-0.15, -0.1) is 10.2 Å². The van der Waals surface area contributed by atoms with E-state index in [1.807, 2.05) is 12.1 Å². The average Bonchev–Trinajstić information content (AvgIpc) is 3.51. The van der Waals surface area contributed by atoms with E-state index in [2.05, 4.69) is 24.6 Å². The second-order valence-corrected chi connectivity index (χ2v) is 9.22. The van der Waals surface area contributed by atoms with Crippen LogP contribution in [0.2, 0.25) is 0 Å². The number of nitrogens with zero attached hydrogens (tertiary/aromatic N) is 5. The van der Waals surface area contributed by atoms with E-state index < -0.39 is 0 Å². The lowest BCUT2D eigenvalue weighted by Gasteiger charge is -2.44. The molecule has 2 saturated carbocycles. The summed E-state index contributed by atoms with van der Waals surface area (Å²) in [5, 5.41) is 9.76. The maximum atomic E-state index is 13.0. The molecule has 7 heteroatoms. The Morgan fingerprint density at radius 3 is 2.64 bits per heavy atom. The molecule has 2 aliphatic carbocycles. The summed E-state index contributed by atoms with van der Waals surface area (Å²) in [6.07, 6.45) is 13.4. The van der Waals surface area contributed by atoms with Crippen LogP contribution in [0.25, 0.3) is 11.4 Å². The molecule has 1 amide bonds. The van der Waals surface area contributed by atoms with Crippen LogP contribution in [0.5, 0.6) is 0 Å². The summed E-state index contributed by atoms with van der Waals surface area (Å²) in [7, 11) is 0. The number of pyridine rings is 1. The molecule has 0 spiro atoms. The van der Waals surface area contributed by atoms with Crippen LogP contribution in [0.15, 0.2) is 29.7 Å².